The van der Waals surface area contributed by atoms with Gasteiger partial charge in [-0.3, -0.25) is 4.90 Å². The van der Waals surface area contributed by atoms with E-state index >= 15 is 0 Å². The topological polar surface area (TPSA) is 105 Å². The van der Waals surface area contributed by atoms with E-state index in [2.05, 4.69) is 5.32 Å². The van der Waals surface area contributed by atoms with E-state index in [1.807, 2.05) is 30.3 Å². The lowest BCUT2D eigenvalue weighted by molar-refractivity contribution is -0.144. The Bertz CT molecular complexity index is 671. The van der Waals surface area contributed by atoms with Gasteiger partial charge in [-0.15, -0.1) is 0 Å². The fraction of sp³-hybridized carbons (Fsp3) is 0.526. The summed E-state index contributed by atoms with van der Waals surface area (Å²) in [6, 6.07) is 7.79. The summed E-state index contributed by atoms with van der Waals surface area (Å²) in [5.41, 5.74) is 0.145. The second-order valence-corrected chi connectivity index (χ2v) is 7.46. The number of piperidine rings is 1. The number of aliphatic carboxylic acids is 1. The molecule has 0 radical (unpaired) electrons. The number of hydrogen-bond acceptors (Lipinski definition) is 5. The molecule has 8 heteroatoms. The van der Waals surface area contributed by atoms with Crippen LogP contribution in [0, 0.1) is 0 Å². The predicted molar refractivity (Wildman–Crippen MR) is 97.1 cm³/mol. The molecule has 1 aromatic carbocycles. The van der Waals surface area contributed by atoms with E-state index in [0.29, 0.717) is 6.42 Å². The number of carbonyl (C=O) groups is 3. The third-order valence-electron chi connectivity index (χ3n) is 4.05. The molecular weight excluding hydrogens is 352 g/mol. The van der Waals surface area contributed by atoms with E-state index in [-0.39, 0.29) is 19.6 Å². The first kappa shape index (κ1) is 20.5. The molecule has 1 aliphatic rings. The van der Waals surface area contributed by atoms with E-state index in [0.717, 1.165) is 5.56 Å². The van der Waals surface area contributed by atoms with Crippen molar-refractivity contribution in [3.8, 4) is 0 Å². The maximum Gasteiger partial charge on any atom is 0.411 e. The summed E-state index contributed by atoms with van der Waals surface area (Å²) in [7, 11) is 0. The van der Waals surface area contributed by atoms with Crippen LogP contribution in [-0.4, -0.2) is 52.4 Å². The second kappa shape index (κ2) is 8.75. The van der Waals surface area contributed by atoms with Crippen LogP contribution in [0.5, 0.6) is 0 Å². The largest absolute Gasteiger partial charge is 0.480 e. The maximum atomic E-state index is 12.2. The van der Waals surface area contributed by atoms with Gasteiger partial charge in [0.05, 0.1) is 0 Å². The highest BCUT2D eigenvalue weighted by Crippen LogP contribution is 2.21. The lowest BCUT2D eigenvalue weighted by atomic mass is 9.97. The summed E-state index contributed by atoms with van der Waals surface area (Å²) >= 11 is 0. The molecule has 0 aromatic heterocycles. The molecule has 2 amide bonds. The Morgan fingerprint density at radius 1 is 1.22 bits per heavy atom. The number of alkyl carbamates (subject to hydrolysis) is 1. The van der Waals surface area contributed by atoms with Gasteiger partial charge in [0.1, 0.15) is 18.2 Å². The van der Waals surface area contributed by atoms with Crippen molar-refractivity contribution < 1.29 is 29.0 Å². The van der Waals surface area contributed by atoms with Gasteiger partial charge in [0.15, 0.2) is 0 Å². The third-order valence-corrected chi connectivity index (χ3v) is 4.05. The van der Waals surface area contributed by atoms with Gasteiger partial charge in [-0.05, 0) is 39.2 Å². The molecule has 8 nitrogen and oxygen atoms in total. The Kier molecular flexibility index (Phi) is 6.65. The zero-order valence-corrected chi connectivity index (χ0v) is 15.8. The lowest BCUT2D eigenvalue weighted by Gasteiger charge is -2.37. The van der Waals surface area contributed by atoms with E-state index in [1.54, 1.807) is 20.8 Å². The summed E-state index contributed by atoms with van der Waals surface area (Å²) in [4.78, 5) is 37.0. The molecule has 1 aliphatic heterocycles. The minimum atomic E-state index is -1.13. The van der Waals surface area contributed by atoms with Gasteiger partial charge < -0.3 is 19.9 Å². The Hall–Kier alpha value is -2.77. The van der Waals surface area contributed by atoms with Crippen LogP contribution in [0.2, 0.25) is 0 Å². The van der Waals surface area contributed by atoms with Crippen molar-refractivity contribution in [2.75, 3.05) is 6.54 Å². The molecule has 0 spiro atoms. The Morgan fingerprint density at radius 3 is 2.48 bits per heavy atom. The summed E-state index contributed by atoms with van der Waals surface area (Å²) < 4.78 is 10.4. The molecule has 2 N–H and O–H groups in total. The van der Waals surface area contributed by atoms with Gasteiger partial charge in [-0.25, -0.2) is 14.4 Å². The first-order chi connectivity index (χ1) is 12.7. The molecule has 0 unspecified atom stereocenters. The van der Waals surface area contributed by atoms with E-state index in [1.165, 1.54) is 4.90 Å². The molecule has 1 heterocycles. The van der Waals surface area contributed by atoms with Crippen molar-refractivity contribution in [2.24, 2.45) is 0 Å². The van der Waals surface area contributed by atoms with Gasteiger partial charge in [0, 0.05) is 12.6 Å². The van der Waals surface area contributed by atoms with Gasteiger partial charge in [0.2, 0.25) is 0 Å². The van der Waals surface area contributed by atoms with Crippen LogP contribution in [0.4, 0.5) is 9.59 Å². The fourth-order valence-electron chi connectivity index (χ4n) is 2.80. The van der Waals surface area contributed by atoms with E-state index < -0.39 is 35.8 Å². The molecule has 1 saturated heterocycles. The number of carbonyl (C=O) groups excluding carboxylic acids is 2. The average Bonchev–Trinajstić information content (AvgIpc) is 2.59. The molecule has 0 bridgehead atoms. The number of likely N-dealkylation sites (tertiary alicyclic amines) is 1. The first-order valence-corrected chi connectivity index (χ1v) is 8.85. The minimum Gasteiger partial charge on any atom is -0.480 e. The number of nitrogens with one attached hydrogen (secondary N) is 1. The first-order valence-electron chi connectivity index (χ1n) is 8.85. The monoisotopic (exact) mass is 378 g/mol. The molecular formula is C19H26N2O6. The van der Waals surface area contributed by atoms with Crippen molar-refractivity contribution >= 4 is 18.2 Å². The highest BCUT2D eigenvalue weighted by molar-refractivity contribution is 5.80. The molecule has 148 valence electrons. The van der Waals surface area contributed by atoms with Crippen LogP contribution in [-0.2, 0) is 20.9 Å². The predicted octanol–water partition coefficient (Wildman–Crippen LogP) is 2.77. The molecule has 2 atom stereocenters. The summed E-state index contributed by atoms with van der Waals surface area (Å²) in [5, 5.41) is 12.1. The standard InChI is InChI=1S/C19H26N2O6/c1-19(2,3)27-18(25)21-10-9-14(11-15(21)16(22)23)20-17(24)26-12-13-7-5-4-6-8-13/h4-8,14-15H,9-12H2,1-3H3,(H,20,24)(H,22,23)/t14-,15-/m1/s1. The summed E-state index contributed by atoms with van der Waals surface area (Å²) in [6.07, 6.45) is -0.767. The van der Waals surface area contributed by atoms with E-state index in [9.17, 15) is 19.5 Å². The zero-order chi connectivity index (χ0) is 20.0. The van der Waals surface area contributed by atoms with Crippen LogP contribution < -0.4 is 5.32 Å². The smallest absolute Gasteiger partial charge is 0.411 e. The van der Waals surface area contributed by atoms with Gasteiger partial charge in [-0.2, -0.15) is 0 Å². The minimum absolute atomic E-state index is 0.0923. The van der Waals surface area contributed by atoms with E-state index in [4.69, 9.17) is 9.47 Å². The third kappa shape index (κ3) is 6.47. The number of amides is 2. The normalized spacial score (nSPS) is 19.9. The van der Waals surface area contributed by atoms with Crippen LogP contribution in [0.15, 0.2) is 30.3 Å². The van der Waals surface area contributed by atoms with Crippen molar-refractivity contribution in [2.45, 2.75) is 57.9 Å². The Balaban J connectivity index is 1.89. The maximum absolute atomic E-state index is 12.2. The number of carboxylic acids is 1. The van der Waals surface area contributed by atoms with Crippen LogP contribution in [0.1, 0.15) is 39.2 Å². The summed E-state index contributed by atoms with van der Waals surface area (Å²) in [6.45, 7) is 5.47. The number of hydrogen-bond donors (Lipinski definition) is 2. The molecule has 0 aliphatic carbocycles. The zero-order valence-electron chi connectivity index (χ0n) is 15.8. The van der Waals surface area contributed by atoms with Crippen LogP contribution in [0.3, 0.4) is 0 Å². The van der Waals surface area contributed by atoms with Crippen molar-refractivity contribution in [1.29, 1.82) is 0 Å². The van der Waals surface area contributed by atoms with Crippen molar-refractivity contribution in [3.63, 3.8) is 0 Å². The van der Waals surface area contributed by atoms with Crippen LogP contribution in [0.25, 0.3) is 0 Å². The van der Waals surface area contributed by atoms with Crippen molar-refractivity contribution in [3.05, 3.63) is 35.9 Å². The summed E-state index contributed by atoms with van der Waals surface area (Å²) in [5.74, 6) is -1.13. The number of nitrogens with zero attached hydrogens (tertiary/aromatic N) is 1. The van der Waals surface area contributed by atoms with Gasteiger partial charge in [0.25, 0.3) is 0 Å². The van der Waals surface area contributed by atoms with Crippen molar-refractivity contribution in [1.82, 2.24) is 10.2 Å². The molecule has 27 heavy (non-hydrogen) atoms. The van der Waals surface area contributed by atoms with Gasteiger partial charge in [-0.1, -0.05) is 30.3 Å². The molecule has 1 fully saturated rings. The highest BCUT2D eigenvalue weighted by Gasteiger charge is 2.38. The number of ether oxygens (including phenoxy) is 2. The van der Waals surface area contributed by atoms with Gasteiger partial charge >= 0.3 is 18.2 Å². The second-order valence-electron chi connectivity index (χ2n) is 7.46. The molecule has 0 saturated carbocycles. The SMILES string of the molecule is CC(C)(C)OC(=O)N1CC[C@@H](NC(=O)OCc2ccccc2)C[C@@H]1C(=O)O. The Labute approximate surface area is 158 Å². The Morgan fingerprint density at radius 2 is 1.89 bits per heavy atom. The molecule has 2 rings (SSSR count). The van der Waals surface area contributed by atoms with Crippen LogP contribution >= 0.6 is 0 Å². The fourth-order valence-corrected chi connectivity index (χ4v) is 2.80. The number of carboxylic acid groups (broad SMARTS) is 1. The lowest BCUT2D eigenvalue weighted by Crippen LogP contribution is -2.55. The number of benzene rings is 1. The molecule has 1 aromatic rings. The highest BCUT2D eigenvalue weighted by atomic mass is 16.6. The number of rotatable bonds is 4. The quantitative estimate of drug-likeness (QED) is 0.835. The average molecular weight is 378 g/mol.